The fourth-order valence-electron chi connectivity index (χ4n) is 2.79. The quantitative estimate of drug-likeness (QED) is 0.749. The van der Waals surface area contributed by atoms with Crippen LogP contribution < -0.4 is 16.2 Å². The number of carbonyl (C=O) groups is 1. The minimum Gasteiger partial charge on any atom is -0.356 e. The van der Waals surface area contributed by atoms with Gasteiger partial charge in [0.25, 0.3) is 0 Å². The van der Waals surface area contributed by atoms with Crippen LogP contribution in [0.2, 0.25) is 0 Å². The first-order chi connectivity index (χ1) is 10.1. The summed E-state index contributed by atoms with van der Waals surface area (Å²) in [5.74, 6) is 0.334. The van der Waals surface area contributed by atoms with Gasteiger partial charge in [-0.15, -0.1) is 0 Å². The number of amides is 1. The van der Waals surface area contributed by atoms with E-state index in [0.29, 0.717) is 31.0 Å². The highest BCUT2D eigenvalue weighted by Gasteiger charge is 2.29. The number of benzene rings is 1. The molecular formula is C16H24FN3O. The Morgan fingerprint density at radius 1 is 1.19 bits per heavy atom. The van der Waals surface area contributed by atoms with Crippen LogP contribution in [0.25, 0.3) is 0 Å². The fourth-order valence-corrected chi connectivity index (χ4v) is 2.79. The van der Waals surface area contributed by atoms with Gasteiger partial charge in [0.05, 0.1) is 0 Å². The van der Waals surface area contributed by atoms with Crippen molar-refractivity contribution in [2.45, 2.75) is 45.2 Å². The van der Waals surface area contributed by atoms with Gasteiger partial charge >= 0.3 is 0 Å². The van der Waals surface area contributed by atoms with Gasteiger partial charge in [-0.1, -0.05) is 12.1 Å². The fraction of sp³-hybridized carbons (Fsp3) is 0.562. The number of hydrazine groups is 1. The minimum absolute atomic E-state index is 0.0865. The van der Waals surface area contributed by atoms with Gasteiger partial charge in [-0.2, -0.15) is 0 Å². The second-order valence-electron chi connectivity index (χ2n) is 5.79. The van der Waals surface area contributed by atoms with Crippen LogP contribution in [0, 0.1) is 11.7 Å². The molecule has 1 saturated heterocycles. The van der Waals surface area contributed by atoms with E-state index in [0.717, 1.165) is 18.4 Å². The standard InChI is InChI=1S/C16H24FN3O/c1-11-15(12(2)20-19-11)7-8-16(21)18-10-9-13-3-5-14(17)6-4-13/h3-6,11-12,15,19-20H,7-10H2,1-2H3,(H,18,21). The van der Waals surface area contributed by atoms with Crippen LogP contribution in [0.4, 0.5) is 4.39 Å². The van der Waals surface area contributed by atoms with Gasteiger partial charge in [0.15, 0.2) is 0 Å². The summed E-state index contributed by atoms with van der Waals surface area (Å²) in [5.41, 5.74) is 7.43. The molecule has 0 aliphatic carbocycles. The molecule has 1 aliphatic heterocycles. The highest BCUT2D eigenvalue weighted by molar-refractivity contribution is 5.75. The summed E-state index contributed by atoms with van der Waals surface area (Å²) in [7, 11) is 0. The molecule has 1 aliphatic rings. The second kappa shape index (κ2) is 7.52. The summed E-state index contributed by atoms with van der Waals surface area (Å²) in [6.07, 6.45) is 2.15. The van der Waals surface area contributed by atoms with E-state index in [1.165, 1.54) is 12.1 Å². The Morgan fingerprint density at radius 2 is 1.81 bits per heavy atom. The van der Waals surface area contributed by atoms with Gasteiger partial charge in [0.2, 0.25) is 5.91 Å². The van der Waals surface area contributed by atoms with Crippen molar-refractivity contribution in [2.24, 2.45) is 5.92 Å². The smallest absolute Gasteiger partial charge is 0.220 e. The van der Waals surface area contributed by atoms with Crippen LogP contribution in [0.3, 0.4) is 0 Å². The van der Waals surface area contributed by atoms with E-state index in [-0.39, 0.29) is 11.7 Å². The molecule has 0 bridgehead atoms. The maximum Gasteiger partial charge on any atom is 0.220 e. The molecule has 2 atom stereocenters. The molecule has 4 nitrogen and oxygen atoms in total. The third kappa shape index (κ3) is 4.79. The van der Waals surface area contributed by atoms with Crippen LogP contribution in [-0.4, -0.2) is 24.5 Å². The van der Waals surface area contributed by atoms with Crippen molar-refractivity contribution in [3.8, 4) is 0 Å². The zero-order valence-corrected chi connectivity index (χ0v) is 12.7. The topological polar surface area (TPSA) is 53.2 Å². The first kappa shape index (κ1) is 15.9. The maximum absolute atomic E-state index is 12.8. The van der Waals surface area contributed by atoms with Crippen molar-refractivity contribution in [2.75, 3.05) is 6.54 Å². The number of halogens is 1. The maximum atomic E-state index is 12.8. The molecule has 1 fully saturated rings. The SMILES string of the molecule is CC1NNC(C)C1CCC(=O)NCCc1ccc(F)cc1. The molecule has 1 aromatic rings. The number of nitrogens with one attached hydrogen (secondary N) is 3. The van der Waals surface area contributed by atoms with Crippen molar-refractivity contribution in [1.82, 2.24) is 16.2 Å². The van der Waals surface area contributed by atoms with E-state index in [1.54, 1.807) is 12.1 Å². The van der Waals surface area contributed by atoms with Gasteiger partial charge < -0.3 is 5.32 Å². The van der Waals surface area contributed by atoms with Crippen LogP contribution >= 0.6 is 0 Å². The van der Waals surface area contributed by atoms with Crippen molar-refractivity contribution in [3.63, 3.8) is 0 Å². The molecule has 1 aromatic carbocycles. The number of rotatable bonds is 6. The molecule has 116 valence electrons. The average molecular weight is 293 g/mol. The minimum atomic E-state index is -0.232. The molecule has 0 radical (unpaired) electrons. The number of hydrogen-bond acceptors (Lipinski definition) is 3. The van der Waals surface area contributed by atoms with Gasteiger partial charge in [-0.05, 0) is 50.3 Å². The predicted molar refractivity (Wildman–Crippen MR) is 81.0 cm³/mol. The molecule has 0 saturated carbocycles. The highest BCUT2D eigenvalue weighted by Crippen LogP contribution is 2.19. The van der Waals surface area contributed by atoms with E-state index in [2.05, 4.69) is 30.0 Å². The number of hydrogen-bond donors (Lipinski definition) is 3. The predicted octanol–water partition coefficient (Wildman–Crippen LogP) is 1.77. The molecule has 1 heterocycles. The first-order valence-electron chi connectivity index (χ1n) is 7.58. The Morgan fingerprint density at radius 3 is 2.43 bits per heavy atom. The summed E-state index contributed by atoms with van der Waals surface area (Å²) in [4.78, 5) is 11.8. The highest BCUT2D eigenvalue weighted by atomic mass is 19.1. The van der Waals surface area contributed by atoms with Gasteiger partial charge in [-0.3, -0.25) is 15.6 Å². The van der Waals surface area contributed by atoms with E-state index in [9.17, 15) is 9.18 Å². The van der Waals surface area contributed by atoms with Crippen molar-refractivity contribution >= 4 is 5.91 Å². The molecule has 3 N–H and O–H groups in total. The zero-order chi connectivity index (χ0) is 15.2. The normalized spacial score (nSPS) is 25.0. The Bertz CT molecular complexity index is 453. The first-order valence-corrected chi connectivity index (χ1v) is 7.58. The molecule has 21 heavy (non-hydrogen) atoms. The summed E-state index contributed by atoms with van der Waals surface area (Å²) in [6, 6.07) is 7.18. The Labute approximate surface area is 125 Å². The van der Waals surface area contributed by atoms with Crippen LogP contribution in [0.1, 0.15) is 32.3 Å². The van der Waals surface area contributed by atoms with E-state index < -0.39 is 0 Å². The molecule has 0 aromatic heterocycles. The molecule has 0 spiro atoms. The average Bonchev–Trinajstić information content (AvgIpc) is 2.78. The van der Waals surface area contributed by atoms with Gasteiger partial charge in [0, 0.05) is 25.0 Å². The monoisotopic (exact) mass is 293 g/mol. The van der Waals surface area contributed by atoms with E-state index >= 15 is 0 Å². The lowest BCUT2D eigenvalue weighted by molar-refractivity contribution is -0.121. The summed E-state index contributed by atoms with van der Waals surface area (Å²) in [5, 5.41) is 2.93. The number of carbonyl (C=O) groups excluding carboxylic acids is 1. The summed E-state index contributed by atoms with van der Waals surface area (Å²) >= 11 is 0. The molecule has 5 heteroatoms. The Kier molecular flexibility index (Phi) is 5.70. The third-order valence-corrected chi connectivity index (χ3v) is 4.18. The lowest BCUT2D eigenvalue weighted by atomic mass is 9.91. The third-order valence-electron chi connectivity index (χ3n) is 4.18. The van der Waals surface area contributed by atoms with Crippen LogP contribution in [-0.2, 0) is 11.2 Å². The van der Waals surface area contributed by atoms with Crippen LogP contribution in [0.15, 0.2) is 24.3 Å². The molecule has 1 amide bonds. The summed E-state index contributed by atoms with van der Waals surface area (Å²) in [6.45, 7) is 4.86. The summed E-state index contributed by atoms with van der Waals surface area (Å²) < 4.78 is 12.8. The lowest BCUT2D eigenvalue weighted by Gasteiger charge is -2.17. The molecular weight excluding hydrogens is 269 g/mol. The van der Waals surface area contributed by atoms with E-state index in [4.69, 9.17) is 0 Å². The largest absolute Gasteiger partial charge is 0.356 e. The Hall–Kier alpha value is -1.46. The van der Waals surface area contributed by atoms with Crippen LogP contribution in [0.5, 0.6) is 0 Å². The van der Waals surface area contributed by atoms with E-state index in [1.807, 2.05) is 0 Å². The zero-order valence-electron chi connectivity index (χ0n) is 12.7. The van der Waals surface area contributed by atoms with Crippen molar-refractivity contribution in [1.29, 1.82) is 0 Å². The Balaban J connectivity index is 1.64. The van der Waals surface area contributed by atoms with Crippen molar-refractivity contribution in [3.05, 3.63) is 35.6 Å². The lowest BCUT2D eigenvalue weighted by Crippen LogP contribution is -2.30. The molecule has 2 unspecified atom stereocenters. The second-order valence-corrected chi connectivity index (χ2v) is 5.79. The van der Waals surface area contributed by atoms with Gasteiger partial charge in [0.1, 0.15) is 5.82 Å². The van der Waals surface area contributed by atoms with Crippen molar-refractivity contribution < 1.29 is 9.18 Å². The van der Waals surface area contributed by atoms with Gasteiger partial charge in [-0.25, -0.2) is 4.39 Å². The molecule has 2 rings (SSSR count).